The second-order valence-electron chi connectivity index (χ2n) is 20.4. The van der Waals surface area contributed by atoms with Crippen molar-refractivity contribution in [1.29, 1.82) is 0 Å². The van der Waals surface area contributed by atoms with E-state index < -0.39 is 126 Å². The first-order valence-corrected chi connectivity index (χ1v) is 29.1. The maximum atomic E-state index is 14.0. The minimum atomic E-state index is -3.98. The lowest BCUT2D eigenvalue weighted by molar-refractivity contribution is -0.183. The van der Waals surface area contributed by atoms with Crippen molar-refractivity contribution in [3.8, 4) is 0 Å². The third-order valence-electron chi connectivity index (χ3n) is 14.2. The van der Waals surface area contributed by atoms with E-state index in [4.69, 9.17) is 69.0 Å². The highest BCUT2D eigenvalue weighted by atomic mass is 35.5. The molecule has 404 valence electrons. The smallest absolute Gasteiger partial charge is 0.323 e. The van der Waals surface area contributed by atoms with Crippen LogP contribution >= 0.6 is 46.4 Å². The molecule has 0 unspecified atom stereocenters. The number of halogens is 4. The van der Waals surface area contributed by atoms with Crippen LogP contribution in [0.1, 0.15) is 113 Å². The van der Waals surface area contributed by atoms with Crippen LogP contribution in [0.4, 0.5) is 0 Å². The van der Waals surface area contributed by atoms with Crippen LogP contribution in [0.3, 0.4) is 0 Å². The van der Waals surface area contributed by atoms with E-state index in [1.54, 1.807) is 97.1 Å². The normalized spacial score (nSPS) is 23.1. The zero-order valence-corrected chi connectivity index (χ0v) is 46.4. The van der Waals surface area contributed by atoms with Gasteiger partial charge < -0.3 is 29.5 Å². The lowest BCUT2D eigenvalue weighted by atomic mass is 9.89. The molecule has 76 heavy (non-hydrogen) atoms. The van der Waals surface area contributed by atoms with E-state index in [-0.39, 0.29) is 11.8 Å². The lowest BCUT2D eigenvalue weighted by Crippen LogP contribution is -2.58. The molecule has 4 aliphatic rings. The summed E-state index contributed by atoms with van der Waals surface area (Å²) >= 11 is 24.9. The molecule has 4 fully saturated rings. The van der Waals surface area contributed by atoms with Crippen LogP contribution in [-0.2, 0) is 48.3 Å². The van der Waals surface area contributed by atoms with E-state index in [1.165, 1.54) is 37.5 Å². The van der Waals surface area contributed by atoms with Gasteiger partial charge in [0.1, 0.15) is 24.4 Å². The largest absolute Gasteiger partial charge is 0.481 e. The average Bonchev–Trinajstić information content (AvgIpc) is 4.31. The summed E-state index contributed by atoms with van der Waals surface area (Å²) in [5, 5.41) is 20.9. The number of morpholine rings is 2. The summed E-state index contributed by atoms with van der Waals surface area (Å²) in [7, 11) is -7.95. The number of ether oxygens (including phenoxy) is 2. The van der Waals surface area contributed by atoms with Gasteiger partial charge in [0.25, 0.3) is 11.8 Å². The average molecular weight is 1160 g/mol. The van der Waals surface area contributed by atoms with E-state index in [0.717, 1.165) is 0 Å². The monoisotopic (exact) mass is 1160 g/mol. The molecule has 2 aliphatic heterocycles. The summed E-state index contributed by atoms with van der Waals surface area (Å²) in [5.74, 6) is -4.72. The summed E-state index contributed by atoms with van der Waals surface area (Å²) in [6, 6.07) is 24.3. The SMILES string of the molecule is [C-]#[N+]C(C)(C)S(=O)(=O)C[C@H](C1CC1)N1C(=O)[C@@H](CC(=O)O)O[C@H](c2cccc(Cl)c2)[C@H]1c1ccc(Cl)cc1.[C-]#[N+]C(C)(C)S(=O)(=O)C[C@H](C1CC1)N1C(=O)[C@H](CC(=O)O)O[C@H](c2cccc(Cl)c2)[C@H]1c1ccc(Cl)cc1. The van der Waals surface area contributed by atoms with Gasteiger partial charge in [-0.3, -0.25) is 28.9 Å². The Kier molecular flexibility index (Phi) is 18.0. The molecule has 8 rings (SSSR count). The Morgan fingerprint density at radius 1 is 0.579 bits per heavy atom. The number of hydrogen-bond donors (Lipinski definition) is 2. The van der Waals surface area contributed by atoms with Gasteiger partial charge in [-0.2, -0.15) is 0 Å². The number of benzene rings is 4. The molecule has 2 saturated carbocycles. The number of carbonyl (C=O) groups is 4. The maximum absolute atomic E-state index is 14.0. The molecule has 2 aliphatic carbocycles. The van der Waals surface area contributed by atoms with E-state index in [9.17, 15) is 46.2 Å². The Labute approximate surface area is 462 Å². The van der Waals surface area contributed by atoms with Gasteiger partial charge in [0.2, 0.25) is 19.7 Å². The Bertz CT molecular complexity index is 2950. The molecule has 16 nitrogen and oxygen atoms in total. The van der Waals surface area contributed by atoms with Crippen LogP contribution in [0, 0.1) is 25.0 Å². The second-order valence-corrected chi connectivity index (χ2v) is 27.2. The summed E-state index contributed by atoms with van der Waals surface area (Å²) in [6.45, 7) is 20.3. The van der Waals surface area contributed by atoms with E-state index in [2.05, 4.69) is 9.69 Å². The molecule has 0 radical (unpaired) electrons. The third-order valence-corrected chi connectivity index (χ3v) is 20.0. The number of rotatable bonds is 18. The Balaban J connectivity index is 0.000000221. The number of carbonyl (C=O) groups excluding carboxylic acids is 2. The fourth-order valence-corrected chi connectivity index (χ4v) is 13.1. The third kappa shape index (κ3) is 13.2. The van der Waals surface area contributed by atoms with Crippen LogP contribution < -0.4 is 0 Å². The van der Waals surface area contributed by atoms with Crippen LogP contribution in [0.2, 0.25) is 20.1 Å². The first-order valence-electron chi connectivity index (χ1n) is 24.3. The lowest BCUT2D eigenvalue weighted by Gasteiger charge is -2.48. The van der Waals surface area contributed by atoms with Gasteiger partial charge in [0.05, 0.1) is 36.4 Å². The van der Waals surface area contributed by atoms with Crippen molar-refractivity contribution in [3.05, 3.63) is 162 Å². The van der Waals surface area contributed by atoms with E-state index in [0.29, 0.717) is 68.0 Å². The molecule has 0 aromatic heterocycles. The highest BCUT2D eigenvalue weighted by molar-refractivity contribution is 7.93. The van der Waals surface area contributed by atoms with Crippen LogP contribution in [0.15, 0.2) is 97.1 Å². The number of hydrogen-bond acceptors (Lipinski definition) is 10. The molecule has 0 bridgehead atoms. The number of aliphatic carboxylic acids is 2. The zero-order chi connectivity index (χ0) is 55.7. The molecule has 2 heterocycles. The first kappa shape index (κ1) is 58.4. The van der Waals surface area contributed by atoms with E-state index >= 15 is 0 Å². The van der Waals surface area contributed by atoms with Gasteiger partial charge >= 0.3 is 21.7 Å². The summed E-state index contributed by atoms with van der Waals surface area (Å²) < 4.78 is 66.0. The molecule has 2 N–H and O–H groups in total. The van der Waals surface area contributed by atoms with Gasteiger partial charge in [0, 0.05) is 59.9 Å². The van der Waals surface area contributed by atoms with Crippen LogP contribution in [0.5, 0.6) is 0 Å². The van der Waals surface area contributed by atoms with Gasteiger partial charge in [-0.1, -0.05) is 94.9 Å². The highest BCUT2D eigenvalue weighted by Gasteiger charge is 2.56. The minimum Gasteiger partial charge on any atom is -0.481 e. The van der Waals surface area contributed by atoms with Crippen molar-refractivity contribution in [1.82, 2.24) is 9.80 Å². The summed E-state index contributed by atoms with van der Waals surface area (Å²) in [4.78, 5) is 57.6. The van der Waals surface area contributed by atoms with Crippen LogP contribution in [-0.4, -0.2) is 106 Å². The number of sulfone groups is 2. The number of carboxylic acid groups (broad SMARTS) is 2. The molecule has 4 aromatic carbocycles. The first-order chi connectivity index (χ1) is 35.7. The molecule has 2 saturated heterocycles. The standard InChI is InChI=1S/2C27H28Cl2N2O6S/c2*1-27(2,30-3)38(35,36)15-21(16-7-8-16)31-24(17-9-11-19(28)12-10-17)25(18-5-4-6-20(29)13-18)37-22(26(31)34)14-23(32)33/h2*4-6,9-13,16,21-22,24-25H,7-8,14-15H2,1-2H3,(H,32,33)/t21-,22+,24-,25-;21-,22-,24-,25-/m11/s1. The van der Waals surface area contributed by atoms with Crippen molar-refractivity contribution in [2.24, 2.45) is 11.8 Å². The molecule has 4 aromatic rings. The number of amides is 2. The fourth-order valence-electron chi connectivity index (χ4n) is 9.57. The van der Waals surface area contributed by atoms with Crippen molar-refractivity contribution in [2.45, 2.75) is 125 Å². The molecule has 2 amide bonds. The van der Waals surface area contributed by atoms with Crippen molar-refractivity contribution >= 4 is 89.8 Å². The maximum Gasteiger partial charge on any atom is 0.323 e. The number of carboxylic acids is 2. The van der Waals surface area contributed by atoms with E-state index in [1.807, 2.05) is 0 Å². The summed E-state index contributed by atoms with van der Waals surface area (Å²) in [5.41, 5.74) is 2.52. The second kappa shape index (κ2) is 23.4. The topological polar surface area (TPSA) is 211 Å². The van der Waals surface area contributed by atoms with Gasteiger partial charge in [-0.25, -0.2) is 30.0 Å². The van der Waals surface area contributed by atoms with Crippen molar-refractivity contribution in [2.75, 3.05) is 11.5 Å². The predicted molar refractivity (Wildman–Crippen MR) is 287 cm³/mol. The molecule has 22 heteroatoms. The minimum absolute atomic E-state index is 0.117. The van der Waals surface area contributed by atoms with Crippen molar-refractivity contribution < 1.29 is 55.7 Å². The molecular weight excluding hydrogens is 1100 g/mol. The predicted octanol–water partition coefficient (Wildman–Crippen LogP) is 10.7. The molecule has 8 atom stereocenters. The van der Waals surface area contributed by atoms with Gasteiger partial charge in [0.15, 0.2) is 0 Å². The Morgan fingerprint density at radius 2 is 0.908 bits per heavy atom. The van der Waals surface area contributed by atoms with Gasteiger partial charge in [-0.05, 0) is 108 Å². The van der Waals surface area contributed by atoms with Crippen LogP contribution in [0.25, 0.3) is 9.69 Å². The van der Waals surface area contributed by atoms with Gasteiger partial charge in [-0.15, -0.1) is 0 Å². The molecule has 0 spiro atoms. The summed E-state index contributed by atoms with van der Waals surface area (Å²) in [6.07, 6.45) is -2.68. The molecular formula is C54H56Cl4N4O12S2. The fraction of sp³-hybridized carbons (Fsp3) is 0.444. The van der Waals surface area contributed by atoms with Crippen molar-refractivity contribution in [3.63, 3.8) is 0 Å². The Hall–Kier alpha value is -5.28. The Morgan fingerprint density at radius 3 is 1.18 bits per heavy atom. The highest BCUT2D eigenvalue weighted by Crippen LogP contribution is 2.51. The number of nitrogens with zero attached hydrogens (tertiary/aromatic N) is 4. The zero-order valence-electron chi connectivity index (χ0n) is 41.8. The quantitative estimate of drug-likeness (QED) is 0.0892.